The van der Waals surface area contributed by atoms with E-state index in [1.165, 1.54) is 76.4 Å². The van der Waals surface area contributed by atoms with E-state index in [9.17, 15) is 24.9 Å². The van der Waals surface area contributed by atoms with Crippen molar-refractivity contribution in [3.63, 3.8) is 0 Å². The van der Waals surface area contributed by atoms with Crippen LogP contribution in [-0.4, -0.2) is 57.8 Å². The Kier molecular flexibility index (Phi) is 12.1. The molecule has 55 heavy (non-hydrogen) atoms. The molecule has 1 aliphatic heterocycles. The van der Waals surface area contributed by atoms with E-state index in [0.717, 1.165) is 50.5 Å². The molecule has 0 unspecified atom stereocenters. The van der Waals surface area contributed by atoms with Gasteiger partial charge in [0.2, 0.25) is 0 Å². The molecule has 7 heteroatoms. The third-order valence-corrected chi connectivity index (χ3v) is 17.2. The van der Waals surface area contributed by atoms with Gasteiger partial charge in [-0.15, -0.1) is 0 Å². The van der Waals surface area contributed by atoms with Gasteiger partial charge in [0.05, 0.1) is 23.2 Å². The number of aliphatic hydroxyl groups excluding tert-OH is 2. The first-order valence-electron chi connectivity index (χ1n) is 22.4. The van der Waals surface area contributed by atoms with Gasteiger partial charge in [-0.25, -0.2) is 4.79 Å². The highest BCUT2D eigenvalue weighted by Crippen LogP contribution is 2.71. The monoisotopic (exact) mass is 761 g/mol. The number of aliphatic hydroxyl groups is 3. The lowest BCUT2D eigenvalue weighted by Gasteiger charge is -2.70. The Morgan fingerprint density at radius 3 is 2.29 bits per heavy atom. The van der Waals surface area contributed by atoms with Crippen LogP contribution in [0.25, 0.3) is 0 Å². The summed E-state index contributed by atoms with van der Waals surface area (Å²) in [5.41, 5.74) is 0.0448. The number of hydrogen-bond acceptors (Lipinski definition) is 7. The average Bonchev–Trinajstić information content (AvgIpc) is 3.90. The summed E-state index contributed by atoms with van der Waals surface area (Å²) in [5.74, 6) is -0.784. The minimum atomic E-state index is -1.46. The van der Waals surface area contributed by atoms with Crippen LogP contribution in [0.2, 0.25) is 0 Å². The number of hydrogen-bond donors (Lipinski definition) is 3. The average molecular weight is 761 g/mol. The molecule has 1 aromatic carbocycles. The molecule has 2 spiro atoms. The fourth-order valence-electron chi connectivity index (χ4n) is 14.4. The summed E-state index contributed by atoms with van der Waals surface area (Å²) in [6, 6.07) is 10.6. The van der Waals surface area contributed by atoms with Gasteiger partial charge in [-0.3, -0.25) is 4.79 Å². The van der Waals surface area contributed by atoms with E-state index >= 15 is 0 Å². The van der Waals surface area contributed by atoms with E-state index in [1.807, 2.05) is 13.0 Å². The summed E-state index contributed by atoms with van der Waals surface area (Å²) < 4.78 is 11.6. The van der Waals surface area contributed by atoms with Crippen molar-refractivity contribution in [1.29, 1.82) is 0 Å². The molecule has 3 N–H and O–H groups in total. The van der Waals surface area contributed by atoms with E-state index in [-0.39, 0.29) is 29.9 Å². The fraction of sp³-hybridized carbons (Fsp3) is 0.792. The van der Waals surface area contributed by atoms with Crippen molar-refractivity contribution >= 4 is 11.9 Å². The first-order valence-corrected chi connectivity index (χ1v) is 22.4. The van der Waals surface area contributed by atoms with Crippen LogP contribution in [0.4, 0.5) is 0 Å². The fourth-order valence-corrected chi connectivity index (χ4v) is 14.4. The first kappa shape index (κ1) is 41.0. The summed E-state index contributed by atoms with van der Waals surface area (Å²) >= 11 is 0. The van der Waals surface area contributed by atoms with Gasteiger partial charge in [0.15, 0.2) is 0 Å². The normalized spacial score (nSPS) is 39.4. The van der Waals surface area contributed by atoms with Gasteiger partial charge < -0.3 is 24.8 Å². The minimum absolute atomic E-state index is 0.213. The summed E-state index contributed by atoms with van der Waals surface area (Å²) in [7, 11) is 0. The highest BCUT2D eigenvalue weighted by Gasteiger charge is 2.74. The topological polar surface area (TPSA) is 113 Å². The number of carbonyl (C=O) groups is 2. The second-order valence-corrected chi connectivity index (χ2v) is 20.3. The summed E-state index contributed by atoms with van der Waals surface area (Å²) in [6.07, 6.45) is 20.2. The molecule has 1 aromatic rings. The number of aryl methyl sites for hydroxylation is 1. The summed E-state index contributed by atoms with van der Waals surface area (Å²) in [6.45, 7) is 8.33. The molecular formula is C48H72O7. The van der Waals surface area contributed by atoms with Crippen LogP contribution in [0.1, 0.15) is 162 Å². The third-order valence-electron chi connectivity index (χ3n) is 17.2. The van der Waals surface area contributed by atoms with E-state index in [2.05, 4.69) is 38.1 Å². The molecule has 0 saturated heterocycles. The molecule has 7 nitrogen and oxygen atoms in total. The maximum atomic E-state index is 13.5. The maximum Gasteiger partial charge on any atom is 0.331 e. The van der Waals surface area contributed by atoms with Gasteiger partial charge in [0.1, 0.15) is 12.7 Å². The largest absolute Gasteiger partial charge is 0.462 e. The van der Waals surface area contributed by atoms with Gasteiger partial charge in [0, 0.05) is 18.9 Å². The standard InChI is InChI=1S/C48H72O7/c1-33(11-10-14-36-12-6-5-7-13-36)15-16-40(50)48-41(51)20-23-44(4,38-18-24-46(25-19-38)28-27-45(32-46)21-8-9-22-45)43(48)39(55-35(3)49)29-34(2)47(48,53)26-17-37-30-42(52)54-31-37/h5-7,12-13,30,33-34,38-41,43,50-51,53H,8-11,14-29,31-32H2,1-4H3/t33-,34-,38?,39-,40+,41+,43+,44+,46?,47-,48+/m1/s1. The number of cyclic esters (lactones) is 1. The van der Waals surface area contributed by atoms with E-state index < -0.39 is 35.2 Å². The molecule has 0 amide bonds. The van der Waals surface area contributed by atoms with Gasteiger partial charge in [0.25, 0.3) is 0 Å². The predicted molar refractivity (Wildman–Crippen MR) is 215 cm³/mol. The zero-order valence-electron chi connectivity index (χ0n) is 34.5. The summed E-state index contributed by atoms with van der Waals surface area (Å²) in [5, 5.41) is 39.2. The lowest BCUT2D eigenvalue weighted by molar-refractivity contribution is -0.327. The molecule has 0 radical (unpaired) electrons. The zero-order valence-corrected chi connectivity index (χ0v) is 34.5. The van der Waals surface area contributed by atoms with E-state index in [0.29, 0.717) is 54.8 Å². The van der Waals surface area contributed by atoms with Crippen LogP contribution in [0.3, 0.4) is 0 Å². The predicted octanol–water partition coefficient (Wildman–Crippen LogP) is 9.44. The lowest BCUT2D eigenvalue weighted by atomic mass is 9.37. The molecule has 9 atom stereocenters. The van der Waals surface area contributed by atoms with Crippen LogP contribution in [-0.2, 0) is 25.5 Å². The molecule has 0 bridgehead atoms. The minimum Gasteiger partial charge on any atom is -0.462 e. The second kappa shape index (κ2) is 16.2. The van der Waals surface area contributed by atoms with Crippen LogP contribution in [0.5, 0.6) is 0 Å². The van der Waals surface area contributed by atoms with Gasteiger partial charge in [-0.05, 0) is 161 Å². The molecule has 7 rings (SSSR count). The third kappa shape index (κ3) is 7.74. The van der Waals surface area contributed by atoms with Crippen molar-refractivity contribution in [2.24, 2.45) is 45.3 Å². The highest BCUT2D eigenvalue weighted by atomic mass is 16.5. The molecule has 5 saturated carbocycles. The molecular weight excluding hydrogens is 689 g/mol. The Morgan fingerprint density at radius 1 is 0.945 bits per heavy atom. The van der Waals surface area contributed by atoms with Crippen molar-refractivity contribution in [3.8, 4) is 0 Å². The van der Waals surface area contributed by atoms with Crippen molar-refractivity contribution in [3.05, 3.63) is 47.5 Å². The van der Waals surface area contributed by atoms with Crippen molar-refractivity contribution in [2.45, 2.75) is 186 Å². The Hall–Kier alpha value is -2.22. The molecule has 5 aliphatic carbocycles. The zero-order chi connectivity index (χ0) is 39.1. The molecule has 5 fully saturated rings. The molecule has 0 aromatic heterocycles. The SMILES string of the molecule is CC(=O)O[C@@H]1C[C@@H](C)[C@](O)(CCC2=CC(=O)OC2)[C@]2([C@@H](O)CC[C@H](C)CCCc3ccccc3)[C@@H]1[C@](C)(C1CCC3(CC1)CCC1(CCCC1)C3)CC[C@@H]2O. The summed E-state index contributed by atoms with van der Waals surface area (Å²) in [4.78, 5) is 25.1. The van der Waals surface area contributed by atoms with Gasteiger partial charge >= 0.3 is 11.9 Å². The second-order valence-electron chi connectivity index (χ2n) is 20.3. The first-order chi connectivity index (χ1) is 26.2. The number of ether oxygens (including phenoxy) is 2. The number of carbonyl (C=O) groups excluding carboxylic acids is 2. The maximum absolute atomic E-state index is 13.5. The van der Waals surface area contributed by atoms with Gasteiger partial charge in [-0.2, -0.15) is 0 Å². The van der Waals surface area contributed by atoms with E-state index in [1.54, 1.807) is 0 Å². The van der Waals surface area contributed by atoms with E-state index in [4.69, 9.17) is 9.47 Å². The molecule has 6 aliphatic rings. The van der Waals surface area contributed by atoms with Crippen LogP contribution in [0, 0.1) is 45.3 Å². The number of fused-ring (bicyclic) bond motifs is 1. The number of esters is 2. The number of rotatable bonds is 13. The van der Waals surface area contributed by atoms with Crippen molar-refractivity contribution in [2.75, 3.05) is 6.61 Å². The van der Waals surface area contributed by atoms with Crippen LogP contribution >= 0.6 is 0 Å². The van der Waals surface area contributed by atoms with Crippen molar-refractivity contribution in [1.82, 2.24) is 0 Å². The number of benzene rings is 1. The lowest BCUT2D eigenvalue weighted by Crippen LogP contribution is -2.77. The quantitative estimate of drug-likeness (QED) is 0.172. The van der Waals surface area contributed by atoms with Crippen LogP contribution < -0.4 is 0 Å². The van der Waals surface area contributed by atoms with Crippen LogP contribution in [0.15, 0.2) is 42.0 Å². The Morgan fingerprint density at radius 2 is 1.64 bits per heavy atom. The smallest absolute Gasteiger partial charge is 0.331 e. The molecule has 306 valence electrons. The Bertz CT molecular complexity index is 1520. The van der Waals surface area contributed by atoms with Gasteiger partial charge in [-0.1, -0.05) is 70.4 Å². The molecule has 1 heterocycles. The van der Waals surface area contributed by atoms with Crippen molar-refractivity contribution < 1.29 is 34.4 Å². The highest BCUT2D eigenvalue weighted by molar-refractivity contribution is 5.85. The Balaban J connectivity index is 1.20. The Labute approximate surface area is 331 Å².